The van der Waals surface area contributed by atoms with E-state index in [4.69, 9.17) is 20.4 Å². The zero-order valence-electron chi connectivity index (χ0n) is 12.8. The zero-order chi connectivity index (χ0) is 14.8. The van der Waals surface area contributed by atoms with Gasteiger partial charge < -0.3 is 20.4 Å². The lowest BCUT2D eigenvalue weighted by atomic mass is 10.1. The number of aliphatic carboxylic acids is 1. The minimum absolute atomic E-state index is 0.747. The van der Waals surface area contributed by atoms with Gasteiger partial charge in [0.1, 0.15) is 0 Å². The predicted molar refractivity (Wildman–Crippen MR) is 77.8 cm³/mol. The molecule has 0 bridgehead atoms. The molecule has 0 aliphatic heterocycles. The molecule has 19 heavy (non-hydrogen) atoms. The van der Waals surface area contributed by atoms with Gasteiger partial charge in [-0.3, -0.25) is 0 Å². The fourth-order valence-electron chi connectivity index (χ4n) is 1.63. The summed E-state index contributed by atoms with van der Waals surface area (Å²) in [6.07, 6.45) is 11.9. The monoisotopic (exact) mass is 274 g/mol. The van der Waals surface area contributed by atoms with Crippen LogP contribution < -0.4 is 10.8 Å². The number of ether oxygens (including phenoxy) is 1. The summed E-state index contributed by atoms with van der Waals surface area (Å²) in [6, 6.07) is 0. The van der Waals surface area contributed by atoms with Crippen LogP contribution in [-0.4, -0.2) is 25.7 Å². The number of carbonyl (C=O) groups is 1. The van der Waals surface area contributed by atoms with Crippen molar-refractivity contribution in [3.8, 4) is 0 Å². The van der Waals surface area contributed by atoms with E-state index in [1.54, 1.807) is 0 Å². The van der Waals surface area contributed by atoms with Crippen LogP contribution in [-0.2, 0) is 9.53 Å². The smallest absolute Gasteiger partial charge is 0.0478 e. The third-order valence-corrected chi connectivity index (χ3v) is 2.64. The molecule has 4 nitrogen and oxygen atoms in total. The average molecular weight is 274 g/mol. The highest BCUT2D eigenvalue weighted by Gasteiger charge is 1.92. The Balaban J connectivity index is 0. The van der Waals surface area contributed by atoms with Crippen LogP contribution in [0.3, 0.4) is 0 Å². The van der Waals surface area contributed by atoms with Crippen LogP contribution in [0.5, 0.6) is 0 Å². The van der Waals surface area contributed by atoms with Crippen LogP contribution in [0.1, 0.15) is 71.6 Å². The molecule has 0 rings (SSSR count). The molecule has 0 saturated heterocycles. The van der Waals surface area contributed by atoms with Crippen LogP contribution >= 0.6 is 0 Å². The Hall–Kier alpha value is -0.610. The summed E-state index contributed by atoms with van der Waals surface area (Å²) in [6.45, 7) is 5.75. The Morgan fingerprint density at radius 2 is 1.37 bits per heavy atom. The Morgan fingerprint density at radius 3 is 1.84 bits per heavy atom. The summed E-state index contributed by atoms with van der Waals surface area (Å²) in [5.41, 5.74) is 5.37. The van der Waals surface area contributed by atoms with Gasteiger partial charge in [0.25, 0.3) is 0 Å². The standard InChI is InChI=1S/C13H29NO.C2H4O2/c1-2-3-4-5-6-7-8-9-12-15-13-10-11-14;1-2(3)4/h2-14H2,1H3;1H3,(H,3,4)/p-1. The summed E-state index contributed by atoms with van der Waals surface area (Å²) >= 11 is 0. The fraction of sp³-hybridized carbons (Fsp3) is 0.933. The molecule has 0 aromatic carbocycles. The highest BCUT2D eigenvalue weighted by atomic mass is 16.5. The van der Waals surface area contributed by atoms with Crippen molar-refractivity contribution in [3.63, 3.8) is 0 Å². The summed E-state index contributed by atoms with van der Waals surface area (Å²) < 4.78 is 5.44. The Morgan fingerprint density at radius 1 is 0.947 bits per heavy atom. The molecule has 0 aromatic heterocycles. The maximum atomic E-state index is 8.89. The van der Waals surface area contributed by atoms with Crippen molar-refractivity contribution in [1.82, 2.24) is 0 Å². The number of nitrogens with two attached hydrogens (primary N) is 1. The lowest BCUT2D eigenvalue weighted by Gasteiger charge is -2.03. The highest BCUT2D eigenvalue weighted by molar-refractivity contribution is 5.60. The predicted octanol–water partition coefficient (Wildman–Crippen LogP) is 2.25. The first kappa shape index (κ1) is 20.7. The second-order valence-electron chi connectivity index (χ2n) is 4.72. The van der Waals surface area contributed by atoms with Crippen molar-refractivity contribution in [1.29, 1.82) is 0 Å². The van der Waals surface area contributed by atoms with Gasteiger partial charge in [-0.15, -0.1) is 0 Å². The van der Waals surface area contributed by atoms with Crippen LogP contribution in [0.4, 0.5) is 0 Å². The third-order valence-electron chi connectivity index (χ3n) is 2.64. The van der Waals surface area contributed by atoms with Gasteiger partial charge in [-0.1, -0.05) is 51.9 Å². The van der Waals surface area contributed by atoms with Crippen molar-refractivity contribution in [2.45, 2.75) is 71.6 Å². The average Bonchev–Trinajstić information content (AvgIpc) is 2.35. The first-order valence-electron chi connectivity index (χ1n) is 7.60. The normalized spacial score (nSPS) is 9.84. The molecule has 0 aromatic rings. The van der Waals surface area contributed by atoms with Gasteiger partial charge >= 0.3 is 0 Å². The Bertz CT molecular complexity index is 159. The molecule has 0 unspecified atom stereocenters. The van der Waals surface area contributed by atoms with Gasteiger partial charge in [-0.05, 0) is 26.3 Å². The minimum Gasteiger partial charge on any atom is -0.550 e. The molecule has 2 N–H and O–H groups in total. The van der Waals surface area contributed by atoms with E-state index in [1.807, 2.05) is 0 Å². The maximum Gasteiger partial charge on any atom is 0.0478 e. The number of hydrogen-bond donors (Lipinski definition) is 1. The fourth-order valence-corrected chi connectivity index (χ4v) is 1.63. The molecule has 116 valence electrons. The van der Waals surface area contributed by atoms with Crippen molar-refractivity contribution in [2.24, 2.45) is 5.73 Å². The topological polar surface area (TPSA) is 75.4 Å². The number of rotatable bonds is 12. The van der Waals surface area contributed by atoms with Crippen molar-refractivity contribution >= 4 is 5.97 Å². The molecule has 0 atom stereocenters. The molecule has 0 saturated carbocycles. The van der Waals surface area contributed by atoms with Gasteiger partial charge in [0.2, 0.25) is 0 Å². The minimum atomic E-state index is -1.08. The van der Waals surface area contributed by atoms with Crippen molar-refractivity contribution < 1.29 is 14.6 Å². The van der Waals surface area contributed by atoms with Crippen LogP contribution in [0.25, 0.3) is 0 Å². The van der Waals surface area contributed by atoms with E-state index < -0.39 is 5.97 Å². The van der Waals surface area contributed by atoms with Gasteiger partial charge in [0.15, 0.2) is 0 Å². The number of unbranched alkanes of at least 4 members (excludes halogenated alkanes) is 7. The Labute approximate surface area is 118 Å². The number of carbonyl (C=O) groups excluding carboxylic acids is 1. The molecule has 4 heteroatoms. The van der Waals surface area contributed by atoms with Gasteiger partial charge in [-0.2, -0.15) is 0 Å². The molecule has 0 fully saturated rings. The number of hydrogen-bond acceptors (Lipinski definition) is 4. The quantitative estimate of drug-likeness (QED) is 0.554. The molecule has 0 amide bonds. The second kappa shape index (κ2) is 19.7. The molecular weight excluding hydrogens is 242 g/mol. The summed E-state index contributed by atoms with van der Waals surface area (Å²) in [5, 5.41) is 8.89. The largest absolute Gasteiger partial charge is 0.550 e. The molecule has 0 aliphatic rings. The van der Waals surface area contributed by atoms with E-state index in [0.717, 1.165) is 33.1 Å². The van der Waals surface area contributed by atoms with Crippen molar-refractivity contribution in [3.05, 3.63) is 0 Å². The summed E-state index contributed by atoms with van der Waals surface area (Å²) in [4.78, 5) is 8.89. The highest BCUT2D eigenvalue weighted by Crippen LogP contribution is 2.08. The molecule has 0 aliphatic carbocycles. The van der Waals surface area contributed by atoms with E-state index in [2.05, 4.69) is 6.92 Å². The van der Waals surface area contributed by atoms with Crippen LogP contribution in [0.15, 0.2) is 0 Å². The molecular formula is C15H32NO3-. The van der Waals surface area contributed by atoms with Crippen molar-refractivity contribution in [2.75, 3.05) is 19.8 Å². The molecule has 0 spiro atoms. The SMILES string of the molecule is CC(=O)[O-].CCCCCCCCCCOCCCN. The number of carboxylic acid groups (broad SMARTS) is 1. The van der Waals surface area contributed by atoms with Crippen LogP contribution in [0.2, 0.25) is 0 Å². The lowest BCUT2D eigenvalue weighted by molar-refractivity contribution is -0.302. The van der Waals surface area contributed by atoms with Gasteiger partial charge in [-0.25, -0.2) is 0 Å². The van der Waals surface area contributed by atoms with Gasteiger partial charge in [0.05, 0.1) is 0 Å². The maximum absolute atomic E-state index is 8.89. The van der Waals surface area contributed by atoms with E-state index >= 15 is 0 Å². The third kappa shape index (κ3) is 31.7. The second-order valence-corrected chi connectivity index (χ2v) is 4.72. The van der Waals surface area contributed by atoms with E-state index in [-0.39, 0.29) is 0 Å². The molecule has 0 heterocycles. The molecule has 0 radical (unpaired) electrons. The number of carboxylic acids is 1. The van der Waals surface area contributed by atoms with E-state index in [1.165, 1.54) is 51.4 Å². The van der Waals surface area contributed by atoms with E-state index in [9.17, 15) is 0 Å². The lowest BCUT2D eigenvalue weighted by Crippen LogP contribution is -2.16. The summed E-state index contributed by atoms with van der Waals surface area (Å²) in [7, 11) is 0. The van der Waals surface area contributed by atoms with Gasteiger partial charge in [0, 0.05) is 19.2 Å². The first-order chi connectivity index (χ1) is 9.15. The van der Waals surface area contributed by atoms with Crippen LogP contribution in [0, 0.1) is 0 Å². The Kier molecular flexibility index (Phi) is 21.5. The summed E-state index contributed by atoms with van der Waals surface area (Å²) in [5.74, 6) is -1.08. The first-order valence-corrected chi connectivity index (χ1v) is 7.60. The van der Waals surface area contributed by atoms with E-state index in [0.29, 0.717) is 0 Å². The zero-order valence-corrected chi connectivity index (χ0v) is 12.8.